The van der Waals surface area contributed by atoms with Gasteiger partial charge in [-0.25, -0.2) is 0 Å². The summed E-state index contributed by atoms with van der Waals surface area (Å²) in [5.74, 6) is 0.976. The van der Waals surface area contributed by atoms with Crippen molar-refractivity contribution in [3.63, 3.8) is 0 Å². The third kappa shape index (κ3) is 5.53. The summed E-state index contributed by atoms with van der Waals surface area (Å²) in [6, 6.07) is 20.2. The summed E-state index contributed by atoms with van der Waals surface area (Å²) < 4.78 is 6.95. The highest BCUT2D eigenvalue weighted by Gasteiger charge is 2.13. The van der Waals surface area contributed by atoms with Crippen molar-refractivity contribution in [3.05, 3.63) is 64.9 Å². The minimum absolute atomic E-state index is 0.250. The summed E-state index contributed by atoms with van der Waals surface area (Å²) in [5.41, 5.74) is 3.82. The van der Waals surface area contributed by atoms with Gasteiger partial charge in [-0.05, 0) is 42.0 Å². The standard InChI is InChI=1S/C24H25NOS2.CH2O2/c1-4-16(2)25-14-24-21(26-3)13-23(28-24)18-11-9-17(10-12-18)20-15-27-22-8-6-5-7-19(20)22;2-1-3/h5-13,15-16,25H,4,14H2,1-3H3;1H,(H,2,3). The maximum absolute atomic E-state index is 8.36. The molecule has 1 unspecified atom stereocenters. The van der Waals surface area contributed by atoms with E-state index in [1.54, 1.807) is 18.4 Å². The monoisotopic (exact) mass is 453 g/mol. The van der Waals surface area contributed by atoms with E-state index >= 15 is 0 Å². The van der Waals surface area contributed by atoms with E-state index in [1.807, 2.05) is 11.3 Å². The van der Waals surface area contributed by atoms with Crippen molar-refractivity contribution in [1.82, 2.24) is 5.32 Å². The number of benzene rings is 2. The maximum Gasteiger partial charge on any atom is 0.290 e. The van der Waals surface area contributed by atoms with Crippen molar-refractivity contribution in [3.8, 4) is 27.3 Å². The van der Waals surface area contributed by atoms with Gasteiger partial charge in [-0.3, -0.25) is 4.79 Å². The molecule has 2 N–H and O–H groups in total. The van der Waals surface area contributed by atoms with Gasteiger partial charge >= 0.3 is 0 Å². The van der Waals surface area contributed by atoms with Gasteiger partial charge in [0.15, 0.2) is 0 Å². The van der Waals surface area contributed by atoms with Gasteiger partial charge in [0.05, 0.1) is 12.0 Å². The molecule has 31 heavy (non-hydrogen) atoms. The van der Waals surface area contributed by atoms with Crippen molar-refractivity contribution in [2.24, 2.45) is 0 Å². The Bertz CT molecular complexity index is 1120. The van der Waals surface area contributed by atoms with Crippen LogP contribution in [0.1, 0.15) is 25.1 Å². The second-order valence-electron chi connectivity index (χ2n) is 7.12. The molecule has 6 heteroatoms. The molecule has 1 atom stereocenters. The molecule has 0 aliphatic carbocycles. The van der Waals surface area contributed by atoms with Crippen LogP contribution in [0.3, 0.4) is 0 Å². The molecule has 2 aromatic carbocycles. The number of thiophene rings is 2. The number of ether oxygens (including phenoxy) is 1. The van der Waals surface area contributed by atoms with Crippen LogP contribution in [-0.4, -0.2) is 24.7 Å². The molecule has 2 aromatic heterocycles. The molecule has 4 rings (SSSR count). The van der Waals surface area contributed by atoms with Gasteiger partial charge in [0.2, 0.25) is 0 Å². The molecule has 0 saturated carbocycles. The third-order valence-corrected chi connectivity index (χ3v) is 7.30. The number of nitrogens with one attached hydrogen (secondary N) is 1. The SMILES string of the molecule is CCC(C)NCc1sc(-c2ccc(-c3csc4ccccc34)cc2)cc1OC.O=CO. The molecule has 0 bridgehead atoms. The Labute approximate surface area is 191 Å². The molecule has 0 fully saturated rings. The summed E-state index contributed by atoms with van der Waals surface area (Å²) >= 11 is 3.62. The summed E-state index contributed by atoms with van der Waals surface area (Å²) in [5, 5.41) is 14.0. The van der Waals surface area contributed by atoms with Crippen LogP contribution >= 0.6 is 22.7 Å². The van der Waals surface area contributed by atoms with Gasteiger partial charge < -0.3 is 15.2 Å². The van der Waals surface area contributed by atoms with E-state index in [4.69, 9.17) is 14.6 Å². The van der Waals surface area contributed by atoms with Crippen molar-refractivity contribution in [1.29, 1.82) is 0 Å². The molecule has 0 aliphatic rings. The van der Waals surface area contributed by atoms with E-state index < -0.39 is 0 Å². The van der Waals surface area contributed by atoms with Crippen LogP contribution in [0.25, 0.3) is 31.7 Å². The number of carbonyl (C=O) groups is 1. The maximum atomic E-state index is 8.36. The fraction of sp³-hybridized carbons (Fsp3) is 0.240. The molecule has 0 radical (unpaired) electrons. The molecule has 4 aromatic rings. The lowest BCUT2D eigenvalue weighted by Gasteiger charge is -2.10. The van der Waals surface area contributed by atoms with E-state index in [0.29, 0.717) is 6.04 Å². The number of hydrogen-bond acceptors (Lipinski definition) is 5. The van der Waals surface area contributed by atoms with E-state index in [-0.39, 0.29) is 6.47 Å². The van der Waals surface area contributed by atoms with Gasteiger partial charge in [0.1, 0.15) is 5.75 Å². The summed E-state index contributed by atoms with van der Waals surface area (Å²) in [7, 11) is 1.75. The average Bonchev–Trinajstić information content (AvgIpc) is 3.42. The Morgan fingerprint density at radius 2 is 1.81 bits per heavy atom. The van der Waals surface area contributed by atoms with E-state index in [2.05, 4.69) is 79.1 Å². The quantitative estimate of drug-likeness (QED) is 0.299. The normalized spacial score (nSPS) is 11.6. The molecule has 4 nitrogen and oxygen atoms in total. The molecule has 0 aliphatic heterocycles. The number of hydrogen-bond donors (Lipinski definition) is 2. The van der Waals surface area contributed by atoms with Gasteiger partial charge in [0, 0.05) is 33.1 Å². The zero-order chi connectivity index (χ0) is 22.2. The van der Waals surface area contributed by atoms with Crippen LogP contribution < -0.4 is 10.1 Å². The Hall–Kier alpha value is -2.67. The number of fused-ring (bicyclic) bond motifs is 1. The highest BCUT2D eigenvalue weighted by Crippen LogP contribution is 2.38. The van der Waals surface area contributed by atoms with Gasteiger partial charge in [-0.2, -0.15) is 0 Å². The molecule has 2 heterocycles. The van der Waals surface area contributed by atoms with Gasteiger partial charge in [-0.1, -0.05) is 49.4 Å². The molecular weight excluding hydrogens is 426 g/mol. The number of methoxy groups -OCH3 is 1. The predicted octanol–water partition coefficient (Wildman–Crippen LogP) is 6.89. The second-order valence-corrected chi connectivity index (χ2v) is 9.17. The Kier molecular flexibility index (Phi) is 8.23. The molecule has 0 amide bonds. The van der Waals surface area contributed by atoms with E-state index in [0.717, 1.165) is 18.7 Å². The summed E-state index contributed by atoms with van der Waals surface area (Å²) in [4.78, 5) is 10.9. The highest BCUT2D eigenvalue weighted by molar-refractivity contribution is 7.17. The largest absolute Gasteiger partial charge is 0.496 e. The molecule has 0 spiro atoms. The summed E-state index contributed by atoms with van der Waals surface area (Å²) in [6.45, 7) is 5.02. The number of carboxylic acid groups (broad SMARTS) is 1. The highest BCUT2D eigenvalue weighted by atomic mass is 32.1. The van der Waals surface area contributed by atoms with Gasteiger partial charge in [0.25, 0.3) is 6.47 Å². The number of rotatable bonds is 7. The van der Waals surface area contributed by atoms with Crippen LogP contribution in [-0.2, 0) is 11.3 Å². The first kappa shape index (κ1) is 23.0. The van der Waals surface area contributed by atoms with Crippen LogP contribution in [0.5, 0.6) is 5.75 Å². The fourth-order valence-electron chi connectivity index (χ4n) is 3.28. The first-order chi connectivity index (χ1) is 15.1. The molecule has 0 saturated heterocycles. The minimum atomic E-state index is -0.250. The fourth-order valence-corrected chi connectivity index (χ4v) is 5.33. The second kappa shape index (κ2) is 11.1. The van der Waals surface area contributed by atoms with Crippen molar-refractivity contribution in [2.75, 3.05) is 7.11 Å². The van der Waals surface area contributed by atoms with Crippen LogP contribution in [0.4, 0.5) is 0 Å². The predicted molar refractivity (Wildman–Crippen MR) is 132 cm³/mol. The molecular formula is C25H27NO3S2. The minimum Gasteiger partial charge on any atom is -0.496 e. The zero-order valence-corrected chi connectivity index (χ0v) is 19.6. The Balaban J connectivity index is 0.000000858. The average molecular weight is 454 g/mol. The zero-order valence-electron chi connectivity index (χ0n) is 17.9. The first-order valence-corrected chi connectivity index (χ1v) is 11.9. The Morgan fingerprint density at radius 3 is 2.48 bits per heavy atom. The van der Waals surface area contributed by atoms with E-state index in [9.17, 15) is 0 Å². The van der Waals surface area contributed by atoms with E-state index in [1.165, 1.54) is 36.5 Å². The van der Waals surface area contributed by atoms with Gasteiger partial charge in [-0.15, -0.1) is 22.7 Å². The van der Waals surface area contributed by atoms with Crippen molar-refractivity contribution < 1.29 is 14.6 Å². The van der Waals surface area contributed by atoms with Crippen LogP contribution in [0.2, 0.25) is 0 Å². The first-order valence-electron chi connectivity index (χ1n) is 10.2. The molecule has 162 valence electrons. The Morgan fingerprint density at radius 1 is 1.13 bits per heavy atom. The van der Waals surface area contributed by atoms with Crippen LogP contribution in [0.15, 0.2) is 60.0 Å². The van der Waals surface area contributed by atoms with Crippen molar-refractivity contribution >= 4 is 39.2 Å². The van der Waals surface area contributed by atoms with Crippen molar-refractivity contribution in [2.45, 2.75) is 32.9 Å². The lowest BCUT2D eigenvalue weighted by Crippen LogP contribution is -2.24. The smallest absolute Gasteiger partial charge is 0.290 e. The van der Waals surface area contributed by atoms with Crippen LogP contribution in [0, 0.1) is 0 Å². The summed E-state index contributed by atoms with van der Waals surface area (Å²) in [6.07, 6.45) is 1.12. The third-order valence-electron chi connectivity index (χ3n) is 5.17. The topological polar surface area (TPSA) is 58.6 Å². The lowest BCUT2D eigenvalue weighted by atomic mass is 10.0. The lowest BCUT2D eigenvalue weighted by molar-refractivity contribution is -0.122.